The van der Waals surface area contributed by atoms with Crippen LogP contribution >= 0.6 is 0 Å². The largest absolute Gasteiger partial charge is 0.384 e. The molecule has 0 aliphatic carbocycles. The Kier molecular flexibility index (Phi) is 2.93. The molecule has 0 aliphatic rings. The van der Waals surface area contributed by atoms with E-state index in [1.165, 1.54) is 10.7 Å². The van der Waals surface area contributed by atoms with Crippen LogP contribution in [0, 0.1) is 5.82 Å². The summed E-state index contributed by atoms with van der Waals surface area (Å²) in [7, 11) is 0. The van der Waals surface area contributed by atoms with Crippen molar-refractivity contribution in [1.29, 1.82) is 0 Å². The lowest BCUT2D eigenvalue weighted by molar-refractivity contribution is 0.0737. The van der Waals surface area contributed by atoms with Crippen LogP contribution in [0.15, 0.2) is 30.5 Å². The Balaban J connectivity index is 2.21. The second-order valence-corrected chi connectivity index (χ2v) is 4.45. The standard InChI is InChI=1S/C12H14FN3O/c1-12(2,17)11-8-16(15-14-11)7-9-5-3-4-6-10(9)13/h3-6,8,17H,7H2,1-2H3. The molecule has 0 fully saturated rings. The van der Waals surface area contributed by atoms with Crippen LogP contribution in [0.5, 0.6) is 0 Å². The van der Waals surface area contributed by atoms with Crippen LogP contribution in [0.1, 0.15) is 25.1 Å². The fraction of sp³-hybridized carbons (Fsp3) is 0.333. The minimum absolute atomic E-state index is 0.271. The summed E-state index contributed by atoms with van der Waals surface area (Å²) in [4.78, 5) is 0. The molecule has 1 N–H and O–H groups in total. The molecule has 1 heterocycles. The van der Waals surface area contributed by atoms with Gasteiger partial charge in [-0.2, -0.15) is 0 Å². The average Bonchev–Trinajstić information content (AvgIpc) is 2.69. The average molecular weight is 235 g/mol. The first-order valence-corrected chi connectivity index (χ1v) is 5.33. The molecule has 2 rings (SSSR count). The number of benzene rings is 1. The Morgan fingerprint density at radius 1 is 1.35 bits per heavy atom. The van der Waals surface area contributed by atoms with Crippen LogP contribution in [0.2, 0.25) is 0 Å². The fourth-order valence-electron chi connectivity index (χ4n) is 1.46. The second kappa shape index (κ2) is 4.25. The molecule has 4 nitrogen and oxygen atoms in total. The molecule has 0 atom stereocenters. The summed E-state index contributed by atoms with van der Waals surface area (Å²) in [6.07, 6.45) is 1.62. The van der Waals surface area contributed by atoms with Gasteiger partial charge in [-0.05, 0) is 19.9 Å². The number of aliphatic hydroxyl groups is 1. The predicted octanol–water partition coefficient (Wildman–Crippen LogP) is 1.69. The van der Waals surface area contributed by atoms with Crippen molar-refractivity contribution in [3.8, 4) is 0 Å². The highest BCUT2D eigenvalue weighted by Crippen LogP contribution is 2.16. The predicted molar refractivity (Wildman–Crippen MR) is 60.8 cm³/mol. The molecule has 0 bridgehead atoms. The van der Waals surface area contributed by atoms with Crippen LogP contribution in [0.4, 0.5) is 4.39 Å². The molecule has 0 saturated carbocycles. The van der Waals surface area contributed by atoms with Crippen molar-refractivity contribution in [2.75, 3.05) is 0 Å². The molecule has 2 aromatic rings. The Labute approximate surface area is 98.7 Å². The van der Waals surface area contributed by atoms with Gasteiger partial charge < -0.3 is 5.11 Å². The van der Waals surface area contributed by atoms with Crippen molar-refractivity contribution < 1.29 is 9.50 Å². The van der Waals surface area contributed by atoms with E-state index in [1.807, 2.05) is 0 Å². The van der Waals surface area contributed by atoms with Crippen LogP contribution in [-0.2, 0) is 12.1 Å². The normalized spacial score (nSPS) is 11.8. The third-order valence-electron chi connectivity index (χ3n) is 2.46. The summed E-state index contributed by atoms with van der Waals surface area (Å²) in [5.41, 5.74) is -0.0263. The van der Waals surface area contributed by atoms with Gasteiger partial charge in [0, 0.05) is 5.56 Å². The van der Waals surface area contributed by atoms with Crippen LogP contribution in [-0.4, -0.2) is 20.1 Å². The molecule has 0 spiro atoms. The van der Waals surface area contributed by atoms with Gasteiger partial charge in [0.15, 0.2) is 0 Å². The van der Waals surface area contributed by atoms with Crippen LogP contribution in [0.25, 0.3) is 0 Å². The Hall–Kier alpha value is -1.75. The minimum atomic E-state index is -1.03. The summed E-state index contributed by atoms with van der Waals surface area (Å²) in [6.45, 7) is 3.56. The van der Waals surface area contributed by atoms with E-state index in [1.54, 1.807) is 38.2 Å². The first-order chi connectivity index (χ1) is 7.97. The zero-order chi connectivity index (χ0) is 12.5. The van der Waals surface area contributed by atoms with Gasteiger partial charge in [-0.15, -0.1) is 5.10 Å². The third kappa shape index (κ3) is 2.68. The fourth-order valence-corrected chi connectivity index (χ4v) is 1.46. The highest BCUT2D eigenvalue weighted by Gasteiger charge is 2.20. The molecule has 17 heavy (non-hydrogen) atoms. The summed E-state index contributed by atoms with van der Waals surface area (Å²) in [5, 5.41) is 17.4. The second-order valence-electron chi connectivity index (χ2n) is 4.45. The molecule has 90 valence electrons. The minimum Gasteiger partial charge on any atom is -0.384 e. The Morgan fingerprint density at radius 2 is 2.06 bits per heavy atom. The van der Waals surface area contributed by atoms with E-state index in [4.69, 9.17) is 0 Å². The lowest BCUT2D eigenvalue weighted by Crippen LogP contribution is -2.15. The number of nitrogens with zero attached hydrogens (tertiary/aromatic N) is 3. The quantitative estimate of drug-likeness (QED) is 0.880. The van der Waals surface area contributed by atoms with Crippen LogP contribution < -0.4 is 0 Å². The summed E-state index contributed by atoms with van der Waals surface area (Å²) >= 11 is 0. The first-order valence-electron chi connectivity index (χ1n) is 5.33. The number of hydrogen-bond acceptors (Lipinski definition) is 3. The number of rotatable bonds is 3. The van der Waals surface area contributed by atoms with Crippen molar-refractivity contribution in [1.82, 2.24) is 15.0 Å². The lowest BCUT2D eigenvalue weighted by atomic mass is 10.1. The molecule has 1 aromatic carbocycles. The van der Waals surface area contributed by atoms with E-state index in [-0.39, 0.29) is 5.82 Å². The summed E-state index contributed by atoms with van der Waals surface area (Å²) in [6, 6.07) is 6.51. The third-order valence-corrected chi connectivity index (χ3v) is 2.46. The first kappa shape index (κ1) is 11.7. The van der Waals surface area contributed by atoms with Crippen molar-refractivity contribution in [2.45, 2.75) is 26.0 Å². The van der Waals surface area contributed by atoms with E-state index in [0.29, 0.717) is 17.8 Å². The van der Waals surface area contributed by atoms with Gasteiger partial charge in [0.05, 0.1) is 12.7 Å². The summed E-state index contributed by atoms with van der Waals surface area (Å²) in [5.74, 6) is -0.271. The van der Waals surface area contributed by atoms with Gasteiger partial charge >= 0.3 is 0 Å². The van der Waals surface area contributed by atoms with Gasteiger partial charge in [0.25, 0.3) is 0 Å². The zero-order valence-electron chi connectivity index (χ0n) is 9.76. The highest BCUT2D eigenvalue weighted by atomic mass is 19.1. The maximum atomic E-state index is 13.4. The van der Waals surface area contributed by atoms with E-state index >= 15 is 0 Å². The summed E-state index contributed by atoms with van der Waals surface area (Å²) < 4.78 is 14.9. The Morgan fingerprint density at radius 3 is 2.65 bits per heavy atom. The van der Waals surface area contributed by atoms with Crippen molar-refractivity contribution in [3.05, 3.63) is 47.5 Å². The van der Waals surface area contributed by atoms with Crippen LogP contribution in [0.3, 0.4) is 0 Å². The molecule has 0 aliphatic heterocycles. The number of aromatic nitrogens is 3. The number of halogens is 1. The molecule has 0 amide bonds. The molecule has 0 radical (unpaired) electrons. The van der Waals surface area contributed by atoms with E-state index < -0.39 is 5.60 Å². The van der Waals surface area contributed by atoms with Crippen molar-refractivity contribution in [3.63, 3.8) is 0 Å². The highest BCUT2D eigenvalue weighted by molar-refractivity contribution is 5.17. The molecular weight excluding hydrogens is 221 g/mol. The smallest absolute Gasteiger partial charge is 0.128 e. The Bertz CT molecular complexity index is 516. The van der Waals surface area contributed by atoms with Gasteiger partial charge in [0.2, 0.25) is 0 Å². The van der Waals surface area contributed by atoms with Gasteiger partial charge in [-0.1, -0.05) is 23.4 Å². The van der Waals surface area contributed by atoms with Gasteiger partial charge in [-0.25, -0.2) is 9.07 Å². The zero-order valence-corrected chi connectivity index (χ0v) is 9.76. The van der Waals surface area contributed by atoms with Crippen molar-refractivity contribution >= 4 is 0 Å². The van der Waals surface area contributed by atoms with Gasteiger partial charge in [-0.3, -0.25) is 0 Å². The molecule has 1 aromatic heterocycles. The monoisotopic (exact) mass is 235 g/mol. The topological polar surface area (TPSA) is 50.9 Å². The maximum absolute atomic E-state index is 13.4. The van der Waals surface area contributed by atoms with Crippen molar-refractivity contribution in [2.24, 2.45) is 0 Å². The van der Waals surface area contributed by atoms with E-state index in [9.17, 15) is 9.50 Å². The maximum Gasteiger partial charge on any atom is 0.128 e. The molecule has 5 heteroatoms. The van der Waals surface area contributed by atoms with E-state index in [0.717, 1.165) is 0 Å². The van der Waals surface area contributed by atoms with E-state index in [2.05, 4.69) is 10.3 Å². The lowest BCUT2D eigenvalue weighted by Gasteiger charge is -2.11. The SMILES string of the molecule is CC(C)(O)c1cn(Cc2ccccc2F)nn1. The van der Waals surface area contributed by atoms with Gasteiger partial charge in [0.1, 0.15) is 17.1 Å². The molecular formula is C12H14FN3O. The molecule has 0 unspecified atom stereocenters. The molecule has 0 saturated heterocycles. The number of hydrogen-bond donors (Lipinski definition) is 1.